The Bertz CT molecular complexity index is 511. The fourth-order valence-corrected chi connectivity index (χ4v) is 1.26. The van der Waals surface area contributed by atoms with Crippen LogP contribution in [0.5, 0.6) is 0 Å². The van der Waals surface area contributed by atoms with E-state index in [1.165, 1.54) is 0 Å². The Hall–Kier alpha value is -2.50. The van der Waals surface area contributed by atoms with Crippen molar-refractivity contribution in [3.05, 3.63) is 37.2 Å². The molecule has 0 unspecified atom stereocenters. The monoisotopic (exact) mass is 228 g/mol. The largest absolute Gasteiger partial charge is 0.368 e. The first-order valence-electron chi connectivity index (χ1n) is 5.06. The van der Waals surface area contributed by atoms with Gasteiger partial charge < -0.3 is 11.1 Å². The predicted molar refractivity (Wildman–Crippen MR) is 66.2 cm³/mol. The van der Waals surface area contributed by atoms with Gasteiger partial charge in [-0.2, -0.15) is 15.0 Å². The van der Waals surface area contributed by atoms with Crippen molar-refractivity contribution < 1.29 is 0 Å². The molecule has 86 valence electrons. The predicted octanol–water partition coefficient (Wildman–Crippen LogP) is 1.11. The number of hydrogen-bond donors (Lipinski definition) is 2. The lowest BCUT2D eigenvalue weighted by atomic mass is 10.3. The fraction of sp³-hybridized carbons (Fsp3) is 0.0909. The van der Waals surface area contributed by atoms with Gasteiger partial charge in [-0.1, -0.05) is 6.08 Å². The molecule has 6 heteroatoms. The quantitative estimate of drug-likeness (QED) is 0.762. The van der Waals surface area contributed by atoms with Crippen LogP contribution in [0.25, 0.3) is 11.4 Å². The lowest BCUT2D eigenvalue weighted by Gasteiger charge is -2.05. The molecular formula is C11H12N6. The van der Waals surface area contributed by atoms with Crippen molar-refractivity contribution >= 4 is 11.9 Å². The average Bonchev–Trinajstić information content (AvgIpc) is 2.37. The Morgan fingerprint density at radius 3 is 2.94 bits per heavy atom. The Morgan fingerprint density at radius 1 is 1.35 bits per heavy atom. The molecule has 0 aliphatic carbocycles. The molecule has 0 saturated heterocycles. The summed E-state index contributed by atoms with van der Waals surface area (Å²) in [6.45, 7) is 4.17. The number of rotatable bonds is 4. The molecule has 0 atom stereocenters. The molecule has 2 aromatic heterocycles. The third-order valence-corrected chi connectivity index (χ3v) is 1.98. The number of anilines is 2. The molecule has 0 bridgehead atoms. The van der Waals surface area contributed by atoms with Gasteiger partial charge in [-0.25, -0.2) is 0 Å². The SMILES string of the molecule is C=CCNc1nc(N)nc(-c2cccnc2)n1. The van der Waals surface area contributed by atoms with Crippen LogP contribution < -0.4 is 11.1 Å². The zero-order valence-electron chi connectivity index (χ0n) is 9.17. The van der Waals surface area contributed by atoms with Crippen LogP contribution in [0.2, 0.25) is 0 Å². The first-order valence-corrected chi connectivity index (χ1v) is 5.06. The minimum atomic E-state index is 0.172. The lowest BCUT2D eigenvalue weighted by Crippen LogP contribution is -2.07. The summed E-state index contributed by atoms with van der Waals surface area (Å²) in [6, 6.07) is 3.67. The third-order valence-electron chi connectivity index (χ3n) is 1.98. The normalized spacial score (nSPS) is 9.88. The van der Waals surface area contributed by atoms with Gasteiger partial charge in [0.1, 0.15) is 0 Å². The molecule has 2 heterocycles. The van der Waals surface area contributed by atoms with Gasteiger partial charge in [0.15, 0.2) is 5.82 Å². The minimum absolute atomic E-state index is 0.172. The molecule has 3 N–H and O–H groups in total. The Morgan fingerprint density at radius 2 is 2.24 bits per heavy atom. The Labute approximate surface area is 98.7 Å². The van der Waals surface area contributed by atoms with E-state index < -0.39 is 0 Å². The number of aromatic nitrogens is 4. The second-order valence-corrected chi connectivity index (χ2v) is 3.25. The van der Waals surface area contributed by atoms with Crippen molar-refractivity contribution in [3.63, 3.8) is 0 Å². The van der Waals surface area contributed by atoms with E-state index in [1.54, 1.807) is 18.5 Å². The van der Waals surface area contributed by atoms with E-state index in [2.05, 4.69) is 31.8 Å². The topological polar surface area (TPSA) is 89.6 Å². The van der Waals surface area contributed by atoms with Crippen molar-refractivity contribution in [1.29, 1.82) is 0 Å². The van der Waals surface area contributed by atoms with Crippen molar-refractivity contribution in [1.82, 2.24) is 19.9 Å². The van der Waals surface area contributed by atoms with E-state index in [1.807, 2.05) is 12.1 Å². The summed E-state index contributed by atoms with van der Waals surface area (Å²) in [4.78, 5) is 16.3. The van der Waals surface area contributed by atoms with Gasteiger partial charge >= 0.3 is 0 Å². The maximum absolute atomic E-state index is 5.62. The number of nitrogens with zero attached hydrogens (tertiary/aromatic N) is 4. The zero-order chi connectivity index (χ0) is 12.1. The summed E-state index contributed by atoms with van der Waals surface area (Å²) in [5.74, 6) is 1.10. The molecule has 17 heavy (non-hydrogen) atoms. The number of nitrogens with one attached hydrogen (secondary N) is 1. The average molecular weight is 228 g/mol. The van der Waals surface area contributed by atoms with E-state index >= 15 is 0 Å². The van der Waals surface area contributed by atoms with E-state index in [9.17, 15) is 0 Å². The number of pyridine rings is 1. The molecule has 0 fully saturated rings. The van der Waals surface area contributed by atoms with Crippen LogP contribution in [0, 0.1) is 0 Å². The molecule has 0 radical (unpaired) electrons. The maximum Gasteiger partial charge on any atom is 0.228 e. The fourth-order valence-electron chi connectivity index (χ4n) is 1.26. The summed E-state index contributed by atoms with van der Waals surface area (Å²) < 4.78 is 0. The number of nitrogens with two attached hydrogens (primary N) is 1. The number of nitrogen functional groups attached to an aromatic ring is 1. The summed E-state index contributed by atoms with van der Waals surface area (Å²) in [6.07, 6.45) is 5.07. The van der Waals surface area contributed by atoms with Crippen LogP contribution in [0.3, 0.4) is 0 Å². The second kappa shape index (κ2) is 5.02. The van der Waals surface area contributed by atoms with Gasteiger partial charge in [0, 0.05) is 24.5 Å². The molecular weight excluding hydrogens is 216 g/mol. The first-order chi connectivity index (χ1) is 8.29. The lowest BCUT2D eigenvalue weighted by molar-refractivity contribution is 1.05. The van der Waals surface area contributed by atoms with Gasteiger partial charge in [-0.05, 0) is 12.1 Å². The van der Waals surface area contributed by atoms with Gasteiger partial charge in [0.25, 0.3) is 0 Å². The van der Waals surface area contributed by atoms with Gasteiger partial charge in [-0.15, -0.1) is 6.58 Å². The molecule has 2 aromatic rings. The standard InChI is InChI=1S/C11H12N6/c1-2-5-14-11-16-9(15-10(12)17-11)8-4-3-6-13-7-8/h2-4,6-7H,1,5H2,(H3,12,14,15,16,17). The summed E-state index contributed by atoms with van der Waals surface area (Å²) in [5.41, 5.74) is 6.41. The maximum atomic E-state index is 5.62. The van der Waals surface area contributed by atoms with Gasteiger partial charge in [0.05, 0.1) is 0 Å². The van der Waals surface area contributed by atoms with Crippen LogP contribution in [-0.2, 0) is 0 Å². The van der Waals surface area contributed by atoms with Crippen molar-refractivity contribution in [2.75, 3.05) is 17.6 Å². The highest BCUT2D eigenvalue weighted by Gasteiger charge is 2.05. The molecule has 2 rings (SSSR count). The summed E-state index contributed by atoms with van der Waals surface area (Å²) in [7, 11) is 0. The Kier molecular flexibility index (Phi) is 3.25. The second-order valence-electron chi connectivity index (χ2n) is 3.25. The highest BCUT2D eigenvalue weighted by molar-refractivity contribution is 5.56. The molecule has 0 spiro atoms. The van der Waals surface area contributed by atoms with E-state index in [-0.39, 0.29) is 5.95 Å². The highest BCUT2D eigenvalue weighted by atomic mass is 15.2. The van der Waals surface area contributed by atoms with Gasteiger partial charge in [0.2, 0.25) is 11.9 Å². The molecule has 0 aliphatic rings. The van der Waals surface area contributed by atoms with E-state index in [0.717, 1.165) is 5.56 Å². The summed E-state index contributed by atoms with van der Waals surface area (Å²) in [5, 5.41) is 2.96. The first kappa shape index (κ1) is 11.0. The van der Waals surface area contributed by atoms with E-state index in [4.69, 9.17) is 5.73 Å². The van der Waals surface area contributed by atoms with Crippen LogP contribution in [0.1, 0.15) is 0 Å². The third kappa shape index (κ3) is 2.75. The molecule has 0 saturated carbocycles. The molecule has 0 aliphatic heterocycles. The Balaban J connectivity index is 2.35. The summed E-state index contributed by atoms with van der Waals surface area (Å²) >= 11 is 0. The zero-order valence-corrected chi connectivity index (χ0v) is 9.17. The van der Waals surface area contributed by atoms with Crippen LogP contribution in [-0.4, -0.2) is 26.5 Å². The van der Waals surface area contributed by atoms with Crippen molar-refractivity contribution in [2.24, 2.45) is 0 Å². The molecule has 6 nitrogen and oxygen atoms in total. The molecule has 0 aromatic carbocycles. The van der Waals surface area contributed by atoms with E-state index in [0.29, 0.717) is 18.3 Å². The molecule has 0 amide bonds. The highest BCUT2D eigenvalue weighted by Crippen LogP contribution is 2.15. The van der Waals surface area contributed by atoms with Crippen LogP contribution in [0.15, 0.2) is 37.2 Å². The smallest absolute Gasteiger partial charge is 0.228 e. The van der Waals surface area contributed by atoms with Crippen LogP contribution >= 0.6 is 0 Å². The van der Waals surface area contributed by atoms with Crippen molar-refractivity contribution in [2.45, 2.75) is 0 Å². The van der Waals surface area contributed by atoms with Crippen molar-refractivity contribution in [3.8, 4) is 11.4 Å². The number of hydrogen-bond acceptors (Lipinski definition) is 6. The van der Waals surface area contributed by atoms with Gasteiger partial charge in [-0.3, -0.25) is 4.98 Å². The van der Waals surface area contributed by atoms with Crippen LogP contribution in [0.4, 0.5) is 11.9 Å². The minimum Gasteiger partial charge on any atom is -0.368 e.